The molecule has 8 nitrogen and oxygen atoms in total. The first kappa shape index (κ1) is 34.9. The summed E-state index contributed by atoms with van der Waals surface area (Å²) in [7, 11) is 0. The minimum absolute atomic E-state index is 0.0573. The number of ketones is 3. The Morgan fingerprint density at radius 2 is 1.80 bits per heavy atom. The van der Waals surface area contributed by atoms with Gasteiger partial charge in [0.15, 0.2) is 5.78 Å². The van der Waals surface area contributed by atoms with Gasteiger partial charge in [-0.25, -0.2) is 0 Å². The molecule has 0 radical (unpaired) electrons. The van der Waals surface area contributed by atoms with Crippen LogP contribution in [0.2, 0.25) is 0 Å². The number of esters is 1. The average Bonchev–Trinajstić information content (AvgIpc) is 2.96. The molecule has 3 atom stereocenters. The molecule has 0 spiro atoms. The number of carbonyl (C=O) groups excluding carboxylic acids is 4. The minimum Gasteiger partial charge on any atom is -0.507 e. The molecule has 1 aromatic carbocycles. The number of aromatic hydroxyl groups is 1. The third-order valence-electron chi connectivity index (χ3n) is 8.43. The Hall–Kier alpha value is -3.62. The van der Waals surface area contributed by atoms with E-state index < -0.39 is 12.5 Å². The molecule has 0 amide bonds. The smallest absolute Gasteiger partial charge is 0.305 e. The number of Topliss-reactive ketones (excluding diaryl/α,β-unsaturated/α-hetero) is 3. The van der Waals surface area contributed by atoms with Crippen molar-refractivity contribution in [3.63, 3.8) is 0 Å². The molecule has 0 saturated carbocycles. The molecule has 0 aliphatic heterocycles. The van der Waals surface area contributed by atoms with Crippen molar-refractivity contribution >= 4 is 28.9 Å². The lowest BCUT2D eigenvalue weighted by atomic mass is 9.72. The Kier molecular flexibility index (Phi) is 14.0. The van der Waals surface area contributed by atoms with Crippen LogP contribution in [0.15, 0.2) is 54.2 Å². The molecule has 2 aliphatic rings. The fourth-order valence-corrected chi connectivity index (χ4v) is 6.32. The second kappa shape index (κ2) is 17.6. The third kappa shape index (κ3) is 9.96. The lowest BCUT2D eigenvalue weighted by molar-refractivity contribution is -0.143. The molecule has 3 unspecified atom stereocenters. The fraction of sp³-hybridized carbons (Fsp3) is 0.500. The molecule has 3 rings (SSSR count). The number of ether oxygens (including phenoxy) is 1. The van der Waals surface area contributed by atoms with Gasteiger partial charge in [0.25, 0.3) is 0 Å². The summed E-state index contributed by atoms with van der Waals surface area (Å²) in [5, 5.41) is 30.5. The predicted molar refractivity (Wildman–Crippen MR) is 169 cm³/mol. The number of benzene rings is 1. The Balaban J connectivity index is 1.92. The number of aliphatic hydroxyl groups excluding tert-OH is 2. The van der Waals surface area contributed by atoms with Crippen molar-refractivity contribution in [2.45, 2.75) is 78.1 Å². The van der Waals surface area contributed by atoms with Crippen molar-refractivity contribution in [2.75, 3.05) is 19.8 Å². The highest BCUT2D eigenvalue weighted by atomic mass is 16.5. The second-order valence-electron chi connectivity index (χ2n) is 11.8. The number of phenolic OH excluding ortho intramolecular Hbond substituents is 1. The molecule has 0 fully saturated rings. The summed E-state index contributed by atoms with van der Waals surface area (Å²) in [4.78, 5) is 49.6. The van der Waals surface area contributed by atoms with Gasteiger partial charge in [-0.3, -0.25) is 19.2 Å². The summed E-state index contributed by atoms with van der Waals surface area (Å²) in [6.45, 7) is 2.88. The van der Waals surface area contributed by atoms with Crippen LogP contribution in [0.25, 0.3) is 5.57 Å². The van der Waals surface area contributed by atoms with Crippen LogP contribution in [0.5, 0.6) is 5.75 Å². The van der Waals surface area contributed by atoms with Crippen molar-refractivity contribution in [1.29, 1.82) is 0 Å². The van der Waals surface area contributed by atoms with Crippen molar-refractivity contribution in [3.8, 4) is 5.75 Å². The molecule has 1 aromatic rings. The van der Waals surface area contributed by atoms with Crippen LogP contribution < -0.4 is 0 Å². The van der Waals surface area contributed by atoms with Gasteiger partial charge in [-0.05, 0) is 93.4 Å². The number of phenols is 1. The number of fused-ring (bicyclic) bond motifs is 1. The molecule has 3 N–H and O–H groups in total. The van der Waals surface area contributed by atoms with Crippen LogP contribution in [0.3, 0.4) is 0 Å². The summed E-state index contributed by atoms with van der Waals surface area (Å²) in [6.07, 6.45) is 16.5. The largest absolute Gasteiger partial charge is 0.507 e. The van der Waals surface area contributed by atoms with Crippen LogP contribution >= 0.6 is 0 Å². The van der Waals surface area contributed by atoms with Gasteiger partial charge in [-0.1, -0.05) is 48.1 Å². The van der Waals surface area contributed by atoms with Gasteiger partial charge in [0.2, 0.25) is 0 Å². The van der Waals surface area contributed by atoms with E-state index in [1.54, 1.807) is 13.0 Å². The van der Waals surface area contributed by atoms with Crippen molar-refractivity contribution < 1.29 is 39.2 Å². The highest BCUT2D eigenvalue weighted by Gasteiger charge is 2.35. The highest BCUT2D eigenvalue weighted by molar-refractivity contribution is 6.02. The Morgan fingerprint density at radius 1 is 1.05 bits per heavy atom. The zero-order valence-corrected chi connectivity index (χ0v) is 25.9. The van der Waals surface area contributed by atoms with Crippen LogP contribution in [0.1, 0.15) is 93.1 Å². The molecule has 2 aliphatic carbocycles. The van der Waals surface area contributed by atoms with Crippen LogP contribution in [0.4, 0.5) is 0 Å². The van der Waals surface area contributed by atoms with E-state index in [1.807, 2.05) is 24.3 Å². The Bertz CT molecular complexity index is 1320. The minimum atomic E-state index is -0.794. The Labute approximate surface area is 260 Å². The quantitative estimate of drug-likeness (QED) is 0.172. The van der Waals surface area contributed by atoms with E-state index in [4.69, 9.17) is 4.74 Å². The van der Waals surface area contributed by atoms with Crippen molar-refractivity contribution in [3.05, 3.63) is 70.9 Å². The van der Waals surface area contributed by atoms with E-state index in [1.165, 1.54) is 6.92 Å². The lowest BCUT2D eigenvalue weighted by Crippen LogP contribution is -2.32. The molecular formula is C36H46O8. The van der Waals surface area contributed by atoms with E-state index in [2.05, 4.69) is 18.2 Å². The van der Waals surface area contributed by atoms with Gasteiger partial charge in [-0.15, -0.1) is 0 Å². The van der Waals surface area contributed by atoms with E-state index >= 15 is 0 Å². The van der Waals surface area contributed by atoms with E-state index in [0.717, 1.165) is 35.1 Å². The van der Waals surface area contributed by atoms with E-state index in [-0.39, 0.29) is 66.8 Å². The number of aliphatic hydroxyl groups is 2. The normalized spacial score (nSPS) is 18.1. The van der Waals surface area contributed by atoms with Crippen LogP contribution in [0, 0.1) is 17.8 Å². The molecule has 238 valence electrons. The molecule has 8 heteroatoms. The van der Waals surface area contributed by atoms with Crippen molar-refractivity contribution in [2.24, 2.45) is 17.8 Å². The SMILES string of the molecule is CCOC(=O)CCCC1=CC=C(c2ccc(O)c3c2CC(CC(CCO)C(CO)C(=O)CC(C)=O)CC3=O)CC=CC=CC1. The number of rotatable bonds is 15. The number of hydrogen-bond donors (Lipinski definition) is 3. The van der Waals surface area contributed by atoms with Crippen molar-refractivity contribution in [1.82, 2.24) is 0 Å². The van der Waals surface area contributed by atoms with Gasteiger partial charge < -0.3 is 20.1 Å². The zero-order chi connectivity index (χ0) is 32.1. The average molecular weight is 607 g/mol. The maximum Gasteiger partial charge on any atom is 0.305 e. The first-order valence-corrected chi connectivity index (χ1v) is 15.7. The number of carbonyl (C=O) groups is 4. The summed E-state index contributed by atoms with van der Waals surface area (Å²) >= 11 is 0. The maximum absolute atomic E-state index is 13.4. The molecule has 0 aromatic heterocycles. The van der Waals surface area contributed by atoms with Crippen LogP contribution in [-0.2, 0) is 25.5 Å². The Morgan fingerprint density at radius 3 is 2.48 bits per heavy atom. The van der Waals surface area contributed by atoms with Gasteiger partial charge in [0, 0.05) is 25.4 Å². The standard InChI is InChI=1S/C36H46O8/c1-3-44-35(43)12-8-10-25-9-6-4-5-7-11-27(14-13-25)29-15-16-32(40)36-30(29)21-26(22-34(36)42)20-28(17-18-37)31(23-38)33(41)19-24(2)39/h4-7,13-16,26,28,31,37-38,40H,3,8-12,17-23H2,1-2H3. The third-order valence-corrected chi connectivity index (χ3v) is 8.43. The summed E-state index contributed by atoms with van der Waals surface area (Å²) in [5.41, 5.74) is 4.11. The fourth-order valence-electron chi connectivity index (χ4n) is 6.32. The molecular weight excluding hydrogens is 560 g/mol. The maximum atomic E-state index is 13.4. The number of allylic oxidation sites excluding steroid dienone is 8. The number of hydrogen-bond acceptors (Lipinski definition) is 8. The molecule has 0 heterocycles. The predicted octanol–water partition coefficient (Wildman–Crippen LogP) is 5.63. The van der Waals surface area contributed by atoms with Gasteiger partial charge in [-0.2, -0.15) is 0 Å². The zero-order valence-electron chi connectivity index (χ0n) is 25.9. The van der Waals surface area contributed by atoms with Gasteiger partial charge in [0.05, 0.1) is 25.2 Å². The monoisotopic (exact) mass is 606 g/mol. The van der Waals surface area contributed by atoms with E-state index in [0.29, 0.717) is 44.3 Å². The van der Waals surface area contributed by atoms with Gasteiger partial charge >= 0.3 is 5.97 Å². The topological polar surface area (TPSA) is 138 Å². The summed E-state index contributed by atoms with van der Waals surface area (Å²) in [6, 6.07) is 3.41. The molecule has 44 heavy (non-hydrogen) atoms. The first-order chi connectivity index (χ1) is 21.2. The van der Waals surface area contributed by atoms with Gasteiger partial charge in [0.1, 0.15) is 17.3 Å². The molecule has 0 bridgehead atoms. The van der Waals surface area contributed by atoms with Crippen LogP contribution in [-0.4, -0.2) is 58.5 Å². The highest BCUT2D eigenvalue weighted by Crippen LogP contribution is 2.40. The summed E-state index contributed by atoms with van der Waals surface area (Å²) in [5.74, 6) is -2.42. The lowest BCUT2D eigenvalue weighted by Gasteiger charge is -2.32. The first-order valence-electron chi connectivity index (χ1n) is 15.7. The van der Waals surface area contributed by atoms with E-state index in [9.17, 15) is 34.5 Å². The second-order valence-corrected chi connectivity index (χ2v) is 11.8. The summed E-state index contributed by atoms with van der Waals surface area (Å²) < 4.78 is 5.05. The molecule has 0 saturated heterocycles.